The van der Waals surface area contributed by atoms with Crippen molar-refractivity contribution in [1.82, 2.24) is 15.0 Å². The Kier molecular flexibility index (Phi) is 4.34. The van der Waals surface area contributed by atoms with Crippen molar-refractivity contribution in [2.24, 2.45) is 0 Å². The fraction of sp³-hybridized carbons (Fsp3) is 0.250. The molecule has 2 N–H and O–H groups in total. The fourth-order valence-corrected chi connectivity index (χ4v) is 1.70. The van der Waals surface area contributed by atoms with Gasteiger partial charge in [-0.05, 0) is 18.2 Å². The SMILES string of the molecule is N#Cc1cc(NCc2cn(CCO)nn2)ccc1Cl. The van der Waals surface area contributed by atoms with Crippen molar-refractivity contribution in [3.05, 3.63) is 40.7 Å². The molecule has 0 spiro atoms. The van der Waals surface area contributed by atoms with Gasteiger partial charge >= 0.3 is 0 Å². The normalized spacial score (nSPS) is 10.2. The number of benzene rings is 1. The van der Waals surface area contributed by atoms with Crippen LogP contribution in [-0.4, -0.2) is 26.7 Å². The first-order valence-electron chi connectivity index (χ1n) is 5.66. The summed E-state index contributed by atoms with van der Waals surface area (Å²) in [5.74, 6) is 0. The van der Waals surface area contributed by atoms with Gasteiger partial charge in [0.2, 0.25) is 0 Å². The van der Waals surface area contributed by atoms with Crippen LogP contribution in [0.5, 0.6) is 0 Å². The van der Waals surface area contributed by atoms with Crippen LogP contribution < -0.4 is 5.32 Å². The first kappa shape index (κ1) is 13.3. The molecule has 0 unspecified atom stereocenters. The van der Waals surface area contributed by atoms with Gasteiger partial charge in [-0.25, -0.2) is 4.68 Å². The van der Waals surface area contributed by atoms with Crippen LogP contribution in [0.2, 0.25) is 5.02 Å². The zero-order valence-electron chi connectivity index (χ0n) is 10.0. The van der Waals surface area contributed by atoms with Crippen molar-refractivity contribution < 1.29 is 5.11 Å². The van der Waals surface area contributed by atoms with E-state index in [0.717, 1.165) is 11.4 Å². The monoisotopic (exact) mass is 277 g/mol. The highest BCUT2D eigenvalue weighted by Crippen LogP contribution is 2.19. The number of nitrogens with zero attached hydrogens (tertiary/aromatic N) is 4. The van der Waals surface area contributed by atoms with Crippen LogP contribution in [0.15, 0.2) is 24.4 Å². The number of hydrogen-bond donors (Lipinski definition) is 2. The second kappa shape index (κ2) is 6.18. The van der Waals surface area contributed by atoms with E-state index in [1.54, 1.807) is 29.1 Å². The first-order chi connectivity index (χ1) is 9.22. The van der Waals surface area contributed by atoms with Crippen LogP contribution in [0.4, 0.5) is 5.69 Å². The zero-order valence-corrected chi connectivity index (χ0v) is 10.8. The average molecular weight is 278 g/mol. The lowest BCUT2D eigenvalue weighted by Crippen LogP contribution is -2.02. The molecule has 0 atom stereocenters. The van der Waals surface area contributed by atoms with Crippen LogP contribution >= 0.6 is 11.6 Å². The van der Waals surface area contributed by atoms with E-state index in [-0.39, 0.29) is 6.61 Å². The van der Waals surface area contributed by atoms with E-state index in [1.807, 2.05) is 6.07 Å². The van der Waals surface area contributed by atoms with E-state index >= 15 is 0 Å². The molecule has 0 saturated carbocycles. The summed E-state index contributed by atoms with van der Waals surface area (Å²) in [6, 6.07) is 7.17. The molecule has 0 aliphatic heterocycles. The van der Waals surface area contributed by atoms with E-state index < -0.39 is 0 Å². The molecule has 2 rings (SSSR count). The van der Waals surface area contributed by atoms with Crippen molar-refractivity contribution in [1.29, 1.82) is 5.26 Å². The molecule has 7 heteroatoms. The van der Waals surface area contributed by atoms with E-state index in [1.165, 1.54) is 0 Å². The van der Waals surface area contributed by atoms with Crippen LogP contribution in [-0.2, 0) is 13.1 Å². The van der Waals surface area contributed by atoms with Gasteiger partial charge in [0.25, 0.3) is 0 Å². The topological polar surface area (TPSA) is 86.8 Å². The van der Waals surface area contributed by atoms with Gasteiger partial charge in [0.15, 0.2) is 0 Å². The zero-order chi connectivity index (χ0) is 13.7. The molecule has 0 aliphatic rings. The maximum absolute atomic E-state index is 8.88. The molecule has 1 aromatic carbocycles. The van der Waals surface area contributed by atoms with Crippen molar-refractivity contribution in [3.63, 3.8) is 0 Å². The molecule has 0 amide bonds. The quantitative estimate of drug-likeness (QED) is 0.863. The lowest BCUT2D eigenvalue weighted by molar-refractivity contribution is 0.268. The summed E-state index contributed by atoms with van der Waals surface area (Å²) in [4.78, 5) is 0. The molecule has 1 heterocycles. The molecule has 0 fully saturated rings. The molecular weight excluding hydrogens is 266 g/mol. The largest absolute Gasteiger partial charge is 0.394 e. The van der Waals surface area contributed by atoms with Crippen molar-refractivity contribution >= 4 is 17.3 Å². The highest BCUT2D eigenvalue weighted by atomic mass is 35.5. The minimum absolute atomic E-state index is 0.0267. The predicted molar refractivity (Wildman–Crippen MR) is 70.6 cm³/mol. The highest BCUT2D eigenvalue weighted by Gasteiger charge is 2.03. The van der Waals surface area contributed by atoms with Gasteiger partial charge in [-0.1, -0.05) is 16.8 Å². The summed E-state index contributed by atoms with van der Waals surface area (Å²) in [6.07, 6.45) is 1.75. The summed E-state index contributed by atoms with van der Waals surface area (Å²) in [6.45, 7) is 0.934. The molecule has 1 aromatic heterocycles. The summed E-state index contributed by atoms with van der Waals surface area (Å²) < 4.78 is 1.57. The Morgan fingerprint density at radius 1 is 1.47 bits per heavy atom. The summed E-state index contributed by atoms with van der Waals surface area (Å²) in [5, 5.41) is 29.0. The molecule has 0 radical (unpaired) electrons. The third-order valence-corrected chi connectivity index (χ3v) is 2.81. The lowest BCUT2D eigenvalue weighted by Gasteiger charge is -2.05. The summed E-state index contributed by atoms with van der Waals surface area (Å²) >= 11 is 5.85. The Morgan fingerprint density at radius 3 is 3.05 bits per heavy atom. The Bertz CT molecular complexity index is 604. The van der Waals surface area contributed by atoms with Gasteiger partial charge in [0.05, 0.1) is 36.5 Å². The second-order valence-corrected chi connectivity index (χ2v) is 4.26. The van der Waals surface area contributed by atoms with Gasteiger partial charge in [-0.2, -0.15) is 5.26 Å². The number of aromatic nitrogens is 3. The summed E-state index contributed by atoms with van der Waals surface area (Å²) in [7, 11) is 0. The number of aliphatic hydroxyl groups is 1. The maximum Gasteiger partial charge on any atom is 0.102 e. The molecular formula is C12H12ClN5O. The number of nitrogens with one attached hydrogen (secondary N) is 1. The van der Waals surface area contributed by atoms with E-state index in [2.05, 4.69) is 15.6 Å². The van der Waals surface area contributed by atoms with Crippen LogP contribution in [0.25, 0.3) is 0 Å². The van der Waals surface area contributed by atoms with Crippen LogP contribution in [0.1, 0.15) is 11.3 Å². The molecule has 0 aliphatic carbocycles. The average Bonchev–Trinajstić information content (AvgIpc) is 2.86. The summed E-state index contributed by atoms with van der Waals surface area (Å²) in [5.41, 5.74) is 1.97. The smallest absolute Gasteiger partial charge is 0.102 e. The third-order valence-electron chi connectivity index (χ3n) is 2.48. The van der Waals surface area contributed by atoms with Gasteiger partial charge in [-0.3, -0.25) is 0 Å². The minimum atomic E-state index is 0.0267. The number of halogens is 1. The second-order valence-electron chi connectivity index (χ2n) is 3.86. The fourth-order valence-electron chi connectivity index (χ4n) is 1.54. The van der Waals surface area contributed by atoms with E-state index in [4.69, 9.17) is 22.0 Å². The predicted octanol–water partition coefficient (Wildman–Crippen LogP) is 1.41. The molecule has 2 aromatic rings. The van der Waals surface area contributed by atoms with Crippen molar-refractivity contribution in [2.45, 2.75) is 13.1 Å². The molecule has 19 heavy (non-hydrogen) atoms. The van der Waals surface area contributed by atoms with Crippen molar-refractivity contribution in [3.8, 4) is 6.07 Å². The number of rotatable bonds is 5. The van der Waals surface area contributed by atoms with Crippen LogP contribution in [0, 0.1) is 11.3 Å². The first-order valence-corrected chi connectivity index (χ1v) is 6.04. The van der Waals surface area contributed by atoms with E-state index in [9.17, 15) is 0 Å². The van der Waals surface area contributed by atoms with Crippen molar-refractivity contribution in [2.75, 3.05) is 11.9 Å². The maximum atomic E-state index is 8.88. The number of aliphatic hydroxyl groups excluding tert-OH is 1. The van der Waals surface area contributed by atoms with Gasteiger partial charge < -0.3 is 10.4 Å². The lowest BCUT2D eigenvalue weighted by atomic mass is 10.2. The minimum Gasteiger partial charge on any atom is -0.394 e. The van der Waals surface area contributed by atoms with Gasteiger partial charge in [-0.15, -0.1) is 5.10 Å². The molecule has 0 saturated heterocycles. The highest BCUT2D eigenvalue weighted by molar-refractivity contribution is 6.31. The Labute approximate surface area is 115 Å². The third kappa shape index (κ3) is 3.44. The Morgan fingerprint density at radius 2 is 2.32 bits per heavy atom. The van der Waals surface area contributed by atoms with Gasteiger partial charge in [0, 0.05) is 5.69 Å². The Balaban J connectivity index is 2.00. The molecule has 98 valence electrons. The number of nitriles is 1. The van der Waals surface area contributed by atoms with Gasteiger partial charge in [0.1, 0.15) is 11.8 Å². The number of hydrogen-bond acceptors (Lipinski definition) is 5. The standard InChI is InChI=1S/C12H12ClN5O/c13-12-2-1-10(5-9(12)6-14)15-7-11-8-18(3-4-19)17-16-11/h1-2,5,8,15,19H,3-4,7H2. The molecule has 0 bridgehead atoms. The Hall–Kier alpha value is -2.10. The van der Waals surface area contributed by atoms with E-state index in [0.29, 0.717) is 23.7 Å². The van der Waals surface area contributed by atoms with Crippen LogP contribution in [0.3, 0.4) is 0 Å². The number of anilines is 1. The molecule has 6 nitrogen and oxygen atoms in total.